The Hall–Kier alpha value is -1.33. The van der Waals surface area contributed by atoms with Crippen molar-refractivity contribution < 1.29 is 8.42 Å². The molecule has 102 valence electrons. The molecule has 0 fully saturated rings. The van der Waals surface area contributed by atoms with Gasteiger partial charge in [-0.1, -0.05) is 25.1 Å². The van der Waals surface area contributed by atoms with E-state index in [4.69, 9.17) is 0 Å². The minimum atomic E-state index is -3.43. The Bertz CT molecular complexity index is 616. The molecule has 0 amide bonds. The molecule has 0 atom stereocenters. The third-order valence-corrected chi connectivity index (χ3v) is 6.24. The monoisotopic (exact) mass is 295 g/mol. The number of hydrogen-bond donors (Lipinski definition) is 0. The van der Waals surface area contributed by atoms with E-state index in [1.165, 1.54) is 21.2 Å². The van der Waals surface area contributed by atoms with Crippen LogP contribution in [0.3, 0.4) is 0 Å². The van der Waals surface area contributed by atoms with Crippen molar-refractivity contribution >= 4 is 27.0 Å². The maximum atomic E-state index is 12.5. The molecule has 0 aliphatic rings. The van der Waals surface area contributed by atoms with E-state index in [0.29, 0.717) is 16.4 Å². The van der Waals surface area contributed by atoms with Gasteiger partial charge in [-0.05, 0) is 42.5 Å². The summed E-state index contributed by atoms with van der Waals surface area (Å²) in [7, 11) is -3.43. The van der Waals surface area contributed by atoms with E-state index >= 15 is 0 Å². The third kappa shape index (κ3) is 2.82. The first-order chi connectivity index (χ1) is 9.09. The van der Waals surface area contributed by atoms with E-state index in [9.17, 15) is 8.42 Å². The molecule has 0 aliphatic carbocycles. The van der Waals surface area contributed by atoms with Crippen molar-refractivity contribution in [2.24, 2.45) is 0 Å². The van der Waals surface area contributed by atoms with E-state index in [1.54, 1.807) is 17.5 Å². The first-order valence-electron chi connectivity index (χ1n) is 6.24. The van der Waals surface area contributed by atoms with Gasteiger partial charge in [0.2, 0.25) is 0 Å². The molecule has 0 spiro atoms. The average molecular weight is 295 g/mol. The minimum Gasteiger partial charge on any atom is -0.266 e. The first kappa shape index (κ1) is 14.1. The fraction of sp³-hybridized carbons (Fsp3) is 0.286. The summed E-state index contributed by atoms with van der Waals surface area (Å²) in [6.07, 6.45) is 0.948. The molecule has 0 saturated carbocycles. The van der Waals surface area contributed by atoms with Crippen molar-refractivity contribution in [1.29, 1.82) is 0 Å². The number of sulfonamides is 1. The Morgan fingerprint density at radius 2 is 1.79 bits per heavy atom. The smallest absolute Gasteiger partial charge is 0.266 e. The predicted octanol–water partition coefficient (Wildman–Crippen LogP) is 3.53. The van der Waals surface area contributed by atoms with Gasteiger partial charge in [-0.2, -0.15) is 0 Å². The molecule has 5 heteroatoms. The van der Waals surface area contributed by atoms with Gasteiger partial charge in [0.15, 0.2) is 0 Å². The van der Waals surface area contributed by atoms with Crippen LogP contribution in [0.15, 0.2) is 46.0 Å². The van der Waals surface area contributed by atoms with Gasteiger partial charge in [0, 0.05) is 6.54 Å². The zero-order valence-electron chi connectivity index (χ0n) is 11.0. The summed E-state index contributed by atoms with van der Waals surface area (Å²) in [6, 6.07) is 11.1. The molecule has 2 aromatic rings. The lowest BCUT2D eigenvalue weighted by Gasteiger charge is -2.22. The number of benzene rings is 1. The summed E-state index contributed by atoms with van der Waals surface area (Å²) in [5, 5.41) is 1.78. The van der Waals surface area contributed by atoms with Gasteiger partial charge < -0.3 is 0 Å². The summed E-state index contributed by atoms with van der Waals surface area (Å²) in [4.78, 5) is 0. The van der Waals surface area contributed by atoms with Crippen molar-refractivity contribution in [3.05, 3.63) is 47.3 Å². The normalized spacial score (nSPS) is 11.5. The lowest BCUT2D eigenvalue weighted by atomic mass is 10.1. The van der Waals surface area contributed by atoms with Crippen molar-refractivity contribution in [3.63, 3.8) is 0 Å². The number of rotatable bonds is 5. The van der Waals surface area contributed by atoms with E-state index in [1.807, 2.05) is 31.2 Å². The predicted molar refractivity (Wildman–Crippen MR) is 80.3 cm³/mol. The van der Waals surface area contributed by atoms with Gasteiger partial charge in [-0.3, -0.25) is 4.31 Å². The molecule has 0 radical (unpaired) electrons. The number of hydrogen-bond acceptors (Lipinski definition) is 3. The summed E-state index contributed by atoms with van der Waals surface area (Å²) >= 11 is 1.25. The number of nitrogens with zero attached hydrogens (tertiary/aromatic N) is 1. The Morgan fingerprint density at radius 1 is 1.11 bits per heavy atom. The molecule has 19 heavy (non-hydrogen) atoms. The maximum absolute atomic E-state index is 12.5. The van der Waals surface area contributed by atoms with Crippen molar-refractivity contribution in [3.8, 4) is 0 Å². The molecule has 1 aromatic heterocycles. The van der Waals surface area contributed by atoms with Gasteiger partial charge >= 0.3 is 0 Å². The summed E-state index contributed by atoms with van der Waals surface area (Å²) in [6.45, 7) is 4.35. The zero-order chi connectivity index (χ0) is 13.9. The van der Waals surface area contributed by atoms with E-state index in [-0.39, 0.29) is 0 Å². The minimum absolute atomic E-state index is 0.383. The van der Waals surface area contributed by atoms with Crippen molar-refractivity contribution in [2.45, 2.75) is 24.5 Å². The fourth-order valence-electron chi connectivity index (χ4n) is 1.91. The second kappa shape index (κ2) is 5.75. The average Bonchev–Trinajstić information content (AvgIpc) is 2.95. The van der Waals surface area contributed by atoms with Gasteiger partial charge in [0.05, 0.1) is 5.69 Å². The highest BCUT2D eigenvalue weighted by atomic mass is 32.2. The van der Waals surface area contributed by atoms with Crippen LogP contribution in [0.2, 0.25) is 0 Å². The molecule has 2 rings (SSSR count). The molecular formula is C14H17NO2S2. The molecule has 0 unspecified atom stereocenters. The van der Waals surface area contributed by atoms with E-state index in [2.05, 4.69) is 6.92 Å². The highest BCUT2D eigenvalue weighted by Gasteiger charge is 2.24. The van der Waals surface area contributed by atoms with Gasteiger partial charge in [-0.25, -0.2) is 8.42 Å². The molecule has 3 nitrogen and oxygen atoms in total. The van der Waals surface area contributed by atoms with Crippen LogP contribution in [0.5, 0.6) is 0 Å². The van der Waals surface area contributed by atoms with Crippen molar-refractivity contribution in [2.75, 3.05) is 10.8 Å². The molecule has 0 N–H and O–H groups in total. The largest absolute Gasteiger partial charge is 0.273 e. The van der Waals surface area contributed by atoms with Crippen LogP contribution in [0.1, 0.15) is 19.4 Å². The van der Waals surface area contributed by atoms with E-state index in [0.717, 1.165) is 6.42 Å². The van der Waals surface area contributed by atoms with Crippen LogP contribution >= 0.6 is 11.3 Å². The molecule has 1 aromatic carbocycles. The van der Waals surface area contributed by atoms with Crippen LogP contribution in [0, 0.1) is 0 Å². The molecule has 0 aliphatic heterocycles. The zero-order valence-corrected chi connectivity index (χ0v) is 12.7. The van der Waals surface area contributed by atoms with Crippen LogP contribution in [0.25, 0.3) is 0 Å². The number of thiophene rings is 1. The number of anilines is 1. The summed E-state index contributed by atoms with van der Waals surface area (Å²) in [5.74, 6) is 0. The lowest BCUT2D eigenvalue weighted by molar-refractivity contribution is 0.594. The Labute approximate surface area is 118 Å². The second-order valence-electron chi connectivity index (χ2n) is 4.12. The summed E-state index contributed by atoms with van der Waals surface area (Å²) in [5.41, 5.74) is 1.92. The highest BCUT2D eigenvalue weighted by Crippen LogP contribution is 2.26. The lowest BCUT2D eigenvalue weighted by Crippen LogP contribution is -2.30. The quantitative estimate of drug-likeness (QED) is 0.846. The van der Waals surface area contributed by atoms with Crippen molar-refractivity contribution in [1.82, 2.24) is 0 Å². The third-order valence-electron chi connectivity index (χ3n) is 2.96. The van der Waals surface area contributed by atoms with Gasteiger partial charge in [0.1, 0.15) is 4.21 Å². The van der Waals surface area contributed by atoms with Crippen LogP contribution in [-0.2, 0) is 16.4 Å². The van der Waals surface area contributed by atoms with Crippen LogP contribution in [0.4, 0.5) is 5.69 Å². The highest BCUT2D eigenvalue weighted by molar-refractivity contribution is 7.94. The van der Waals surface area contributed by atoms with Crippen LogP contribution < -0.4 is 4.31 Å². The van der Waals surface area contributed by atoms with Gasteiger partial charge in [-0.15, -0.1) is 11.3 Å². The number of aryl methyl sites for hydroxylation is 1. The Balaban J connectivity index is 2.39. The topological polar surface area (TPSA) is 37.4 Å². The Kier molecular flexibility index (Phi) is 4.27. The molecular weight excluding hydrogens is 278 g/mol. The Morgan fingerprint density at radius 3 is 2.26 bits per heavy atom. The molecule has 1 heterocycles. The molecule has 0 saturated heterocycles. The standard InChI is InChI=1S/C14H17NO2S2/c1-3-12-7-9-13(10-8-12)15(4-2)19(16,17)14-6-5-11-18-14/h5-11H,3-4H2,1-2H3. The van der Waals surface area contributed by atoms with Gasteiger partial charge in [0.25, 0.3) is 10.0 Å². The molecule has 0 bridgehead atoms. The summed E-state index contributed by atoms with van der Waals surface area (Å²) < 4.78 is 26.9. The fourth-order valence-corrected chi connectivity index (χ4v) is 4.49. The van der Waals surface area contributed by atoms with E-state index < -0.39 is 10.0 Å². The maximum Gasteiger partial charge on any atom is 0.273 e. The van der Waals surface area contributed by atoms with Crippen LogP contribution in [-0.4, -0.2) is 15.0 Å². The second-order valence-corrected chi connectivity index (χ2v) is 7.16. The first-order valence-corrected chi connectivity index (χ1v) is 8.56. The SMILES string of the molecule is CCc1ccc(N(CC)S(=O)(=O)c2cccs2)cc1.